The summed E-state index contributed by atoms with van der Waals surface area (Å²) in [5, 5.41) is 0. The van der Waals surface area contributed by atoms with Crippen LogP contribution in [-0.4, -0.2) is 52.6 Å². The number of amides is 1. The number of rotatable bonds is 6. The van der Waals surface area contributed by atoms with Crippen LogP contribution in [-0.2, 0) is 21.2 Å². The fourth-order valence-corrected chi connectivity index (χ4v) is 4.52. The fraction of sp³-hybridized carbons (Fsp3) is 0.381. The van der Waals surface area contributed by atoms with Crippen LogP contribution >= 0.6 is 0 Å². The SMILES string of the molecule is CCc1cccc(C)c1NS(=O)(=O)c1ccc(OC)c(C(=O)N2CCOCC2)c1. The Balaban J connectivity index is 1.97. The number of ether oxygens (including phenoxy) is 2. The maximum atomic E-state index is 13.1. The number of aryl methyl sites for hydroxylation is 2. The molecule has 0 radical (unpaired) electrons. The molecule has 0 aromatic heterocycles. The molecule has 2 aromatic carbocycles. The van der Waals surface area contributed by atoms with E-state index in [1.807, 2.05) is 32.0 Å². The highest BCUT2D eigenvalue weighted by molar-refractivity contribution is 7.92. The molecule has 7 nitrogen and oxygen atoms in total. The summed E-state index contributed by atoms with van der Waals surface area (Å²) in [7, 11) is -2.42. The summed E-state index contributed by atoms with van der Waals surface area (Å²) >= 11 is 0. The molecule has 29 heavy (non-hydrogen) atoms. The third-order valence-corrected chi connectivity index (χ3v) is 6.33. The van der Waals surface area contributed by atoms with E-state index in [0.29, 0.717) is 44.2 Å². The molecule has 0 atom stereocenters. The second-order valence-corrected chi connectivity index (χ2v) is 8.52. The van der Waals surface area contributed by atoms with Crippen molar-refractivity contribution in [2.75, 3.05) is 38.1 Å². The minimum atomic E-state index is -3.88. The normalized spacial score (nSPS) is 14.5. The Morgan fingerprint density at radius 2 is 1.93 bits per heavy atom. The predicted octanol–water partition coefficient (Wildman–Crippen LogP) is 2.84. The van der Waals surface area contributed by atoms with Crippen LogP contribution in [0.25, 0.3) is 0 Å². The average molecular weight is 419 g/mol. The molecule has 1 saturated heterocycles. The molecule has 0 unspecified atom stereocenters. The lowest BCUT2D eigenvalue weighted by Crippen LogP contribution is -2.40. The molecule has 1 aliphatic rings. The summed E-state index contributed by atoms with van der Waals surface area (Å²) in [6.45, 7) is 5.67. The highest BCUT2D eigenvalue weighted by Gasteiger charge is 2.25. The molecule has 2 aromatic rings. The van der Waals surface area contributed by atoms with Gasteiger partial charge in [0.25, 0.3) is 15.9 Å². The van der Waals surface area contributed by atoms with Crippen LogP contribution in [0.5, 0.6) is 5.75 Å². The van der Waals surface area contributed by atoms with Crippen LogP contribution in [0.2, 0.25) is 0 Å². The molecule has 0 spiro atoms. The van der Waals surface area contributed by atoms with Crippen LogP contribution in [0.1, 0.15) is 28.4 Å². The van der Waals surface area contributed by atoms with Gasteiger partial charge in [0.2, 0.25) is 0 Å². The van der Waals surface area contributed by atoms with Crippen LogP contribution in [0, 0.1) is 6.92 Å². The smallest absolute Gasteiger partial charge is 0.261 e. The van der Waals surface area contributed by atoms with Gasteiger partial charge in [-0.3, -0.25) is 9.52 Å². The van der Waals surface area contributed by atoms with Crippen molar-refractivity contribution in [3.63, 3.8) is 0 Å². The number of morpholine rings is 1. The van der Waals surface area contributed by atoms with Crippen molar-refractivity contribution in [2.45, 2.75) is 25.2 Å². The molecule has 1 amide bonds. The molecule has 1 fully saturated rings. The van der Waals surface area contributed by atoms with Crippen LogP contribution in [0.15, 0.2) is 41.3 Å². The summed E-state index contributed by atoms with van der Waals surface area (Å²) in [6.07, 6.45) is 0.697. The van der Waals surface area contributed by atoms with Gasteiger partial charge in [0.15, 0.2) is 0 Å². The van der Waals surface area contributed by atoms with E-state index in [0.717, 1.165) is 11.1 Å². The number of hydrogen-bond donors (Lipinski definition) is 1. The highest BCUT2D eigenvalue weighted by Crippen LogP contribution is 2.28. The zero-order chi connectivity index (χ0) is 21.0. The zero-order valence-corrected chi connectivity index (χ0v) is 17.7. The molecular weight excluding hydrogens is 392 g/mol. The number of carbonyl (C=O) groups excluding carboxylic acids is 1. The second kappa shape index (κ2) is 8.84. The molecule has 8 heteroatoms. The lowest BCUT2D eigenvalue weighted by Gasteiger charge is -2.27. The first-order valence-electron chi connectivity index (χ1n) is 9.53. The number of hydrogen-bond acceptors (Lipinski definition) is 5. The first-order valence-corrected chi connectivity index (χ1v) is 11.0. The zero-order valence-electron chi connectivity index (χ0n) is 16.9. The summed E-state index contributed by atoms with van der Waals surface area (Å²) in [6, 6.07) is 9.99. The van der Waals surface area contributed by atoms with Gasteiger partial charge in [0.05, 0.1) is 36.5 Å². The third kappa shape index (κ3) is 4.54. The van der Waals surface area contributed by atoms with Crippen molar-refractivity contribution in [1.29, 1.82) is 0 Å². The minimum absolute atomic E-state index is 0.0141. The molecule has 0 bridgehead atoms. The molecule has 1 heterocycles. The maximum absolute atomic E-state index is 13.1. The van der Waals surface area contributed by atoms with Gasteiger partial charge < -0.3 is 14.4 Å². The Kier molecular flexibility index (Phi) is 6.44. The van der Waals surface area contributed by atoms with Crippen molar-refractivity contribution in [3.8, 4) is 5.75 Å². The Morgan fingerprint density at radius 1 is 1.21 bits per heavy atom. The Bertz CT molecular complexity index is 998. The van der Waals surface area contributed by atoms with E-state index in [1.165, 1.54) is 25.3 Å². The van der Waals surface area contributed by atoms with Crippen molar-refractivity contribution in [2.24, 2.45) is 0 Å². The van der Waals surface area contributed by atoms with Crippen LogP contribution < -0.4 is 9.46 Å². The van der Waals surface area contributed by atoms with E-state index < -0.39 is 10.0 Å². The van der Waals surface area contributed by atoms with E-state index >= 15 is 0 Å². The number of nitrogens with one attached hydrogen (secondary N) is 1. The molecule has 0 aliphatic carbocycles. The molecule has 0 saturated carbocycles. The van der Waals surface area contributed by atoms with Crippen molar-refractivity contribution >= 4 is 21.6 Å². The van der Waals surface area contributed by atoms with E-state index in [9.17, 15) is 13.2 Å². The lowest BCUT2D eigenvalue weighted by molar-refractivity contribution is 0.0300. The van der Waals surface area contributed by atoms with Gasteiger partial charge in [-0.25, -0.2) is 8.42 Å². The predicted molar refractivity (Wildman–Crippen MR) is 111 cm³/mol. The van der Waals surface area contributed by atoms with Gasteiger partial charge in [0, 0.05) is 13.1 Å². The lowest BCUT2D eigenvalue weighted by atomic mass is 10.1. The first kappa shape index (κ1) is 21.1. The van der Waals surface area contributed by atoms with Crippen LogP contribution in [0.3, 0.4) is 0 Å². The Labute approximate surface area is 171 Å². The molecule has 156 valence electrons. The molecule has 1 N–H and O–H groups in total. The number of methoxy groups -OCH3 is 1. The largest absolute Gasteiger partial charge is 0.496 e. The molecule has 1 aliphatic heterocycles. The van der Waals surface area contributed by atoms with Gasteiger partial charge >= 0.3 is 0 Å². The summed E-state index contributed by atoms with van der Waals surface area (Å²) in [5.74, 6) is 0.0675. The van der Waals surface area contributed by atoms with Crippen molar-refractivity contribution < 1.29 is 22.7 Å². The minimum Gasteiger partial charge on any atom is -0.496 e. The van der Waals surface area contributed by atoms with E-state index in [4.69, 9.17) is 9.47 Å². The number of carbonyl (C=O) groups is 1. The van der Waals surface area contributed by atoms with Crippen molar-refractivity contribution in [3.05, 3.63) is 53.1 Å². The van der Waals surface area contributed by atoms with Crippen molar-refractivity contribution in [1.82, 2.24) is 4.90 Å². The van der Waals surface area contributed by atoms with E-state index in [2.05, 4.69) is 4.72 Å². The second-order valence-electron chi connectivity index (χ2n) is 6.83. The topological polar surface area (TPSA) is 84.9 Å². The number of para-hydroxylation sites is 1. The number of benzene rings is 2. The number of nitrogens with zero attached hydrogens (tertiary/aromatic N) is 1. The summed E-state index contributed by atoms with van der Waals surface area (Å²) in [4.78, 5) is 14.6. The van der Waals surface area contributed by atoms with Gasteiger partial charge in [-0.1, -0.05) is 25.1 Å². The quantitative estimate of drug-likeness (QED) is 0.780. The van der Waals surface area contributed by atoms with Gasteiger partial charge in [-0.05, 0) is 42.7 Å². The summed E-state index contributed by atoms with van der Waals surface area (Å²) in [5.41, 5.74) is 2.54. The monoisotopic (exact) mass is 418 g/mol. The standard InChI is InChI=1S/C21H26N2O5S/c1-4-16-7-5-6-15(2)20(16)22-29(25,26)17-8-9-19(27-3)18(14-17)21(24)23-10-12-28-13-11-23/h5-9,14,22H,4,10-13H2,1-3H3. The fourth-order valence-electron chi connectivity index (χ4n) is 3.32. The molecule has 3 rings (SSSR count). The maximum Gasteiger partial charge on any atom is 0.261 e. The molecular formula is C21H26N2O5S. The first-order chi connectivity index (χ1) is 13.9. The van der Waals surface area contributed by atoms with Gasteiger partial charge in [-0.2, -0.15) is 0 Å². The van der Waals surface area contributed by atoms with Gasteiger partial charge in [-0.15, -0.1) is 0 Å². The average Bonchev–Trinajstić information content (AvgIpc) is 2.74. The van der Waals surface area contributed by atoms with E-state index in [-0.39, 0.29) is 16.4 Å². The Hall–Kier alpha value is -2.58. The number of anilines is 1. The van der Waals surface area contributed by atoms with Crippen LogP contribution in [0.4, 0.5) is 5.69 Å². The highest BCUT2D eigenvalue weighted by atomic mass is 32.2. The third-order valence-electron chi connectivity index (χ3n) is 4.99. The van der Waals surface area contributed by atoms with E-state index in [1.54, 1.807) is 4.90 Å². The van der Waals surface area contributed by atoms with Gasteiger partial charge in [0.1, 0.15) is 5.75 Å². The summed E-state index contributed by atoms with van der Waals surface area (Å²) < 4.78 is 39.4. The Morgan fingerprint density at radius 3 is 2.59 bits per heavy atom. The number of sulfonamides is 1.